The molecule has 2 rings (SSSR count). The largest absolute Gasteiger partial charge is 0.404 e. The predicted octanol–water partition coefficient (Wildman–Crippen LogP) is 0.0518. The Labute approximate surface area is 122 Å². The van der Waals surface area contributed by atoms with Crippen molar-refractivity contribution in [2.24, 2.45) is 5.41 Å². The second-order valence-corrected chi connectivity index (χ2v) is 6.27. The molecule has 5 nitrogen and oxygen atoms in total. The normalized spacial score (nSPS) is 34.0. The van der Waals surface area contributed by atoms with E-state index in [1.807, 2.05) is 4.90 Å². The predicted molar refractivity (Wildman–Crippen MR) is 70.7 cm³/mol. The lowest BCUT2D eigenvalue weighted by molar-refractivity contribution is -0.222. The van der Waals surface area contributed by atoms with Crippen molar-refractivity contribution in [3.05, 3.63) is 0 Å². The first-order valence-electron chi connectivity index (χ1n) is 7.09. The molecule has 0 radical (unpaired) electrons. The Morgan fingerprint density at radius 2 is 2.14 bits per heavy atom. The molecule has 21 heavy (non-hydrogen) atoms. The number of nitrogens with one attached hydrogen (secondary N) is 1. The zero-order chi connectivity index (χ0) is 15.8. The molecule has 2 fully saturated rings. The SMILES string of the molecule is CN(C)CC1CC(O)CN1C(=O)C1(C(F)(F)F)CCNC1. The van der Waals surface area contributed by atoms with Crippen molar-refractivity contribution in [1.29, 1.82) is 0 Å². The number of aliphatic hydroxyl groups excluding tert-OH is 1. The van der Waals surface area contributed by atoms with Crippen molar-refractivity contribution in [2.75, 3.05) is 40.3 Å². The highest BCUT2D eigenvalue weighted by Gasteiger charge is 2.63. The number of nitrogens with zero attached hydrogens (tertiary/aromatic N) is 2. The van der Waals surface area contributed by atoms with Gasteiger partial charge in [0.15, 0.2) is 5.41 Å². The fourth-order valence-electron chi connectivity index (χ4n) is 3.25. The van der Waals surface area contributed by atoms with E-state index in [9.17, 15) is 23.1 Å². The summed E-state index contributed by atoms with van der Waals surface area (Å²) in [7, 11) is 3.59. The molecule has 0 aromatic heterocycles. The Morgan fingerprint density at radius 1 is 1.48 bits per heavy atom. The Bertz CT molecular complexity index is 395. The highest BCUT2D eigenvalue weighted by molar-refractivity contribution is 5.85. The number of amides is 1. The van der Waals surface area contributed by atoms with Crippen molar-refractivity contribution >= 4 is 5.91 Å². The van der Waals surface area contributed by atoms with Gasteiger partial charge in [-0.2, -0.15) is 13.2 Å². The second kappa shape index (κ2) is 5.73. The van der Waals surface area contributed by atoms with Crippen LogP contribution in [0.25, 0.3) is 0 Å². The van der Waals surface area contributed by atoms with Crippen LogP contribution in [0.15, 0.2) is 0 Å². The van der Waals surface area contributed by atoms with Gasteiger partial charge >= 0.3 is 6.18 Å². The topological polar surface area (TPSA) is 55.8 Å². The maximum absolute atomic E-state index is 13.4. The highest BCUT2D eigenvalue weighted by atomic mass is 19.4. The fourth-order valence-corrected chi connectivity index (χ4v) is 3.25. The Kier molecular flexibility index (Phi) is 4.51. The van der Waals surface area contributed by atoms with Gasteiger partial charge in [-0.25, -0.2) is 0 Å². The summed E-state index contributed by atoms with van der Waals surface area (Å²) >= 11 is 0. The molecular formula is C13H22F3N3O2. The molecular weight excluding hydrogens is 287 g/mol. The van der Waals surface area contributed by atoms with Gasteiger partial charge in [-0.05, 0) is 33.5 Å². The first kappa shape index (κ1) is 16.5. The van der Waals surface area contributed by atoms with Gasteiger partial charge in [0, 0.05) is 25.7 Å². The Hall–Kier alpha value is -0.860. The molecule has 0 bridgehead atoms. The van der Waals surface area contributed by atoms with Crippen molar-refractivity contribution in [2.45, 2.75) is 31.2 Å². The van der Waals surface area contributed by atoms with Gasteiger partial charge in [0.25, 0.3) is 0 Å². The number of β-amino-alcohol motifs (C(OH)–C–C–N with tert-alkyl or cyclic N) is 1. The highest BCUT2D eigenvalue weighted by Crippen LogP contribution is 2.45. The number of likely N-dealkylation sites (N-methyl/N-ethyl adjacent to an activating group) is 1. The van der Waals surface area contributed by atoms with Gasteiger partial charge in [0.05, 0.1) is 6.10 Å². The van der Waals surface area contributed by atoms with Crippen LogP contribution >= 0.6 is 0 Å². The van der Waals surface area contributed by atoms with Gasteiger partial charge < -0.3 is 20.2 Å². The minimum Gasteiger partial charge on any atom is -0.391 e. The molecule has 0 aromatic carbocycles. The van der Waals surface area contributed by atoms with Gasteiger partial charge in [-0.15, -0.1) is 0 Å². The van der Waals surface area contributed by atoms with E-state index < -0.39 is 23.6 Å². The van der Waals surface area contributed by atoms with Crippen LogP contribution in [0.3, 0.4) is 0 Å². The van der Waals surface area contributed by atoms with Crippen molar-refractivity contribution in [3.8, 4) is 0 Å². The molecule has 8 heteroatoms. The lowest BCUT2D eigenvalue weighted by atomic mass is 9.84. The quantitative estimate of drug-likeness (QED) is 0.774. The lowest BCUT2D eigenvalue weighted by Gasteiger charge is -2.36. The zero-order valence-electron chi connectivity index (χ0n) is 12.3. The minimum atomic E-state index is -4.58. The summed E-state index contributed by atoms with van der Waals surface area (Å²) in [6.07, 6.45) is -5.25. The third-order valence-electron chi connectivity index (χ3n) is 4.34. The van der Waals surface area contributed by atoms with Crippen LogP contribution in [-0.4, -0.2) is 79.4 Å². The summed E-state index contributed by atoms with van der Waals surface area (Å²) in [5.74, 6) is -0.900. The minimum absolute atomic E-state index is 0.0187. The lowest BCUT2D eigenvalue weighted by Crippen LogP contribution is -2.56. The first-order chi connectivity index (χ1) is 9.67. The summed E-state index contributed by atoms with van der Waals surface area (Å²) in [4.78, 5) is 15.6. The van der Waals surface area contributed by atoms with E-state index in [1.165, 1.54) is 4.90 Å². The smallest absolute Gasteiger partial charge is 0.391 e. The fraction of sp³-hybridized carbons (Fsp3) is 0.923. The number of hydrogen-bond donors (Lipinski definition) is 2. The molecule has 3 atom stereocenters. The van der Waals surface area contributed by atoms with Crippen LogP contribution in [0.1, 0.15) is 12.8 Å². The molecule has 2 N–H and O–H groups in total. The van der Waals surface area contributed by atoms with E-state index in [1.54, 1.807) is 14.1 Å². The van der Waals surface area contributed by atoms with Crippen LogP contribution in [0.4, 0.5) is 13.2 Å². The van der Waals surface area contributed by atoms with Crippen LogP contribution in [-0.2, 0) is 4.79 Å². The summed E-state index contributed by atoms with van der Waals surface area (Å²) in [5, 5.41) is 12.4. The number of rotatable bonds is 3. The van der Waals surface area contributed by atoms with Crippen molar-refractivity contribution in [1.82, 2.24) is 15.1 Å². The number of carbonyl (C=O) groups excluding carboxylic acids is 1. The van der Waals surface area contributed by atoms with E-state index in [0.29, 0.717) is 13.0 Å². The van der Waals surface area contributed by atoms with E-state index in [4.69, 9.17) is 0 Å². The molecule has 3 unspecified atom stereocenters. The summed E-state index contributed by atoms with van der Waals surface area (Å²) in [5.41, 5.74) is -2.35. The van der Waals surface area contributed by atoms with E-state index in [0.717, 1.165) is 0 Å². The molecule has 0 aliphatic carbocycles. The summed E-state index contributed by atoms with van der Waals surface area (Å²) < 4.78 is 40.3. The number of alkyl halides is 3. The number of halogens is 3. The average Bonchev–Trinajstić information content (AvgIpc) is 2.94. The molecule has 1 amide bonds. The van der Waals surface area contributed by atoms with Crippen LogP contribution < -0.4 is 5.32 Å². The van der Waals surface area contributed by atoms with E-state index in [2.05, 4.69) is 5.32 Å². The monoisotopic (exact) mass is 309 g/mol. The first-order valence-corrected chi connectivity index (χ1v) is 7.09. The second-order valence-electron chi connectivity index (χ2n) is 6.27. The molecule has 122 valence electrons. The number of likely N-dealkylation sites (tertiary alicyclic amines) is 1. The van der Waals surface area contributed by atoms with Crippen molar-refractivity contribution in [3.63, 3.8) is 0 Å². The molecule has 0 aromatic rings. The Balaban J connectivity index is 2.24. The molecule has 2 aliphatic rings. The van der Waals surface area contributed by atoms with E-state index in [-0.39, 0.29) is 32.1 Å². The number of carbonyl (C=O) groups is 1. The third kappa shape index (κ3) is 3.02. The Morgan fingerprint density at radius 3 is 2.62 bits per heavy atom. The summed E-state index contributed by atoms with van der Waals surface area (Å²) in [6, 6.07) is -0.373. The van der Waals surface area contributed by atoms with Crippen LogP contribution in [0.2, 0.25) is 0 Å². The number of aliphatic hydroxyl groups is 1. The zero-order valence-corrected chi connectivity index (χ0v) is 12.3. The van der Waals surface area contributed by atoms with Crippen LogP contribution in [0.5, 0.6) is 0 Å². The molecule has 2 saturated heterocycles. The maximum Gasteiger partial charge on any atom is 0.404 e. The third-order valence-corrected chi connectivity index (χ3v) is 4.34. The maximum atomic E-state index is 13.4. The van der Waals surface area contributed by atoms with Crippen LogP contribution in [0, 0.1) is 5.41 Å². The van der Waals surface area contributed by atoms with Gasteiger partial charge in [0.2, 0.25) is 5.91 Å². The standard InChI is InChI=1S/C13H22F3N3O2/c1-18(2)6-9-5-10(20)7-19(9)11(21)12(13(14,15)16)3-4-17-8-12/h9-10,17,20H,3-8H2,1-2H3. The van der Waals surface area contributed by atoms with Gasteiger partial charge in [-0.1, -0.05) is 0 Å². The van der Waals surface area contributed by atoms with Gasteiger partial charge in [-0.3, -0.25) is 4.79 Å². The summed E-state index contributed by atoms with van der Waals surface area (Å²) in [6.45, 7) is 0.232. The molecule has 2 aliphatic heterocycles. The number of hydrogen-bond acceptors (Lipinski definition) is 4. The van der Waals surface area contributed by atoms with Crippen molar-refractivity contribution < 1.29 is 23.1 Å². The average molecular weight is 309 g/mol. The molecule has 0 saturated carbocycles. The van der Waals surface area contributed by atoms with E-state index >= 15 is 0 Å². The van der Waals surface area contributed by atoms with Gasteiger partial charge in [0.1, 0.15) is 0 Å². The molecule has 2 heterocycles. The molecule has 0 spiro atoms.